The molecule has 1 heterocycles. The van der Waals surface area contributed by atoms with Gasteiger partial charge in [-0.25, -0.2) is 9.59 Å². The van der Waals surface area contributed by atoms with E-state index in [9.17, 15) is 19.8 Å². The fraction of sp³-hybridized carbons (Fsp3) is 0.846. The zero-order valence-electron chi connectivity index (χ0n) is 11.6. The van der Waals surface area contributed by atoms with Crippen LogP contribution in [0.4, 0.5) is 4.79 Å². The molecule has 6 nitrogen and oxygen atoms in total. The summed E-state index contributed by atoms with van der Waals surface area (Å²) < 4.78 is 0. The number of carbonyl (C=O) groups excluding carboxylic acids is 1. The normalized spacial score (nSPS) is 34.0. The molecule has 1 aliphatic heterocycles. The molecule has 2 aliphatic rings. The predicted octanol–water partition coefficient (Wildman–Crippen LogP) is 1.24. The molecule has 3 N–H and O–H groups in total. The molecular formula is C13H22N2O4S. The number of aliphatic hydroxyl groups excluding tert-OH is 1. The van der Waals surface area contributed by atoms with E-state index in [1.165, 1.54) is 16.7 Å². The summed E-state index contributed by atoms with van der Waals surface area (Å²) in [6.45, 7) is 1.96. The first-order valence-corrected chi connectivity index (χ1v) is 8.19. The molecule has 0 aromatic heterocycles. The van der Waals surface area contributed by atoms with Gasteiger partial charge in [-0.3, -0.25) is 4.90 Å². The summed E-state index contributed by atoms with van der Waals surface area (Å²) in [5.41, 5.74) is 0. The summed E-state index contributed by atoms with van der Waals surface area (Å²) in [6.07, 6.45) is 3.37. The Morgan fingerprint density at radius 3 is 2.50 bits per heavy atom. The Labute approximate surface area is 122 Å². The van der Waals surface area contributed by atoms with Crippen molar-refractivity contribution in [3.63, 3.8) is 0 Å². The average Bonchev–Trinajstić information content (AvgIpc) is 2.85. The third-order valence-corrected chi connectivity index (χ3v) is 5.44. The Kier molecular flexibility index (Phi) is 5.15. The molecule has 2 rings (SSSR count). The zero-order chi connectivity index (χ0) is 14.7. The first-order chi connectivity index (χ1) is 9.52. The van der Waals surface area contributed by atoms with Crippen LogP contribution in [-0.2, 0) is 4.79 Å². The summed E-state index contributed by atoms with van der Waals surface area (Å²) in [5.74, 6) is -0.493. The molecule has 0 spiro atoms. The third kappa shape index (κ3) is 3.38. The van der Waals surface area contributed by atoms with Gasteiger partial charge in [-0.15, -0.1) is 11.8 Å². The maximum absolute atomic E-state index is 12.4. The van der Waals surface area contributed by atoms with Crippen molar-refractivity contribution >= 4 is 23.8 Å². The van der Waals surface area contributed by atoms with E-state index in [4.69, 9.17) is 0 Å². The van der Waals surface area contributed by atoms with E-state index in [0.717, 1.165) is 19.3 Å². The van der Waals surface area contributed by atoms with Crippen molar-refractivity contribution in [3.05, 3.63) is 0 Å². The number of urea groups is 1. The van der Waals surface area contributed by atoms with Gasteiger partial charge in [0.1, 0.15) is 6.04 Å². The molecule has 0 aromatic carbocycles. The number of hydrogen-bond acceptors (Lipinski definition) is 4. The van der Waals surface area contributed by atoms with Crippen LogP contribution in [0.2, 0.25) is 0 Å². The topological polar surface area (TPSA) is 89.9 Å². The molecule has 0 bridgehead atoms. The van der Waals surface area contributed by atoms with E-state index in [-0.39, 0.29) is 23.6 Å². The first kappa shape index (κ1) is 15.4. The van der Waals surface area contributed by atoms with E-state index >= 15 is 0 Å². The first-order valence-electron chi connectivity index (χ1n) is 7.14. The lowest BCUT2D eigenvalue weighted by molar-refractivity contribution is -0.141. The van der Waals surface area contributed by atoms with Gasteiger partial charge in [0.15, 0.2) is 0 Å². The summed E-state index contributed by atoms with van der Waals surface area (Å²) in [5, 5.41) is 21.5. The second-order valence-corrected chi connectivity index (χ2v) is 6.62. The van der Waals surface area contributed by atoms with Crippen LogP contribution >= 0.6 is 11.8 Å². The number of amides is 2. The van der Waals surface area contributed by atoms with Gasteiger partial charge in [0.05, 0.1) is 11.5 Å². The Balaban J connectivity index is 1.96. The van der Waals surface area contributed by atoms with Crippen molar-refractivity contribution in [2.24, 2.45) is 0 Å². The Morgan fingerprint density at radius 2 is 1.95 bits per heavy atom. The molecule has 2 unspecified atom stereocenters. The van der Waals surface area contributed by atoms with Crippen molar-refractivity contribution in [3.8, 4) is 0 Å². The lowest BCUT2D eigenvalue weighted by Crippen LogP contribution is -2.53. The zero-order valence-corrected chi connectivity index (χ0v) is 12.4. The molecule has 1 saturated carbocycles. The van der Waals surface area contributed by atoms with Gasteiger partial charge in [0.2, 0.25) is 0 Å². The number of carboxylic acids is 1. The largest absolute Gasteiger partial charge is 0.480 e. The average molecular weight is 302 g/mol. The lowest BCUT2D eigenvalue weighted by atomic mass is 9.93. The molecule has 7 heteroatoms. The van der Waals surface area contributed by atoms with Crippen molar-refractivity contribution in [1.29, 1.82) is 0 Å². The SMILES string of the molecule is CCC1SCC(C(=O)O)N1C(=O)NC1CCC(O)CC1. The van der Waals surface area contributed by atoms with Gasteiger partial charge in [0.25, 0.3) is 0 Å². The summed E-state index contributed by atoms with van der Waals surface area (Å²) in [4.78, 5) is 25.1. The fourth-order valence-electron chi connectivity index (χ4n) is 2.81. The minimum absolute atomic E-state index is 0.0449. The molecule has 1 aliphatic carbocycles. The van der Waals surface area contributed by atoms with Crippen LogP contribution in [0.1, 0.15) is 39.0 Å². The summed E-state index contributed by atoms with van der Waals surface area (Å²) >= 11 is 1.52. The Morgan fingerprint density at radius 1 is 1.30 bits per heavy atom. The predicted molar refractivity (Wildman–Crippen MR) is 76.6 cm³/mol. The number of nitrogens with one attached hydrogen (secondary N) is 1. The van der Waals surface area contributed by atoms with Gasteiger partial charge in [-0.1, -0.05) is 6.92 Å². The highest BCUT2D eigenvalue weighted by Crippen LogP contribution is 2.31. The number of carbonyl (C=O) groups is 2. The monoisotopic (exact) mass is 302 g/mol. The Hall–Kier alpha value is -0.950. The second-order valence-electron chi connectivity index (χ2n) is 5.41. The van der Waals surface area contributed by atoms with E-state index in [2.05, 4.69) is 5.32 Å². The van der Waals surface area contributed by atoms with E-state index in [1.54, 1.807) is 0 Å². The van der Waals surface area contributed by atoms with Crippen LogP contribution in [0.15, 0.2) is 0 Å². The van der Waals surface area contributed by atoms with Crippen molar-refractivity contribution in [1.82, 2.24) is 10.2 Å². The lowest BCUT2D eigenvalue weighted by Gasteiger charge is -2.31. The van der Waals surface area contributed by atoms with E-state index in [1.807, 2.05) is 6.92 Å². The molecule has 114 valence electrons. The van der Waals surface area contributed by atoms with Crippen molar-refractivity contribution in [2.75, 3.05) is 5.75 Å². The molecule has 2 amide bonds. The van der Waals surface area contributed by atoms with Crippen LogP contribution < -0.4 is 5.32 Å². The third-order valence-electron chi connectivity index (χ3n) is 3.99. The number of rotatable bonds is 3. The molecular weight excluding hydrogens is 280 g/mol. The van der Waals surface area contributed by atoms with Gasteiger partial charge in [0, 0.05) is 11.8 Å². The summed E-state index contributed by atoms with van der Waals surface area (Å²) in [6, 6.07) is -0.974. The molecule has 1 saturated heterocycles. The van der Waals surface area contributed by atoms with Crippen molar-refractivity contribution < 1.29 is 19.8 Å². The van der Waals surface area contributed by atoms with Crippen molar-refractivity contribution in [2.45, 2.75) is 62.6 Å². The highest BCUT2D eigenvalue weighted by Gasteiger charge is 2.41. The van der Waals surface area contributed by atoms with Gasteiger partial charge in [-0.2, -0.15) is 0 Å². The minimum Gasteiger partial charge on any atom is -0.480 e. The smallest absolute Gasteiger partial charge is 0.327 e. The highest BCUT2D eigenvalue weighted by molar-refractivity contribution is 8.00. The molecule has 20 heavy (non-hydrogen) atoms. The Bertz CT molecular complexity index is 371. The van der Waals surface area contributed by atoms with E-state index < -0.39 is 12.0 Å². The van der Waals surface area contributed by atoms with Crippen LogP contribution in [-0.4, -0.2) is 56.4 Å². The number of aliphatic carboxylic acids is 1. The minimum atomic E-state index is -0.942. The summed E-state index contributed by atoms with van der Waals surface area (Å²) in [7, 11) is 0. The molecule has 0 radical (unpaired) electrons. The quantitative estimate of drug-likeness (QED) is 0.730. The van der Waals surface area contributed by atoms with Crippen LogP contribution in [0.5, 0.6) is 0 Å². The number of carboxylic acid groups (broad SMARTS) is 1. The van der Waals surface area contributed by atoms with Crippen LogP contribution in [0, 0.1) is 0 Å². The number of hydrogen-bond donors (Lipinski definition) is 3. The number of aliphatic hydroxyl groups is 1. The van der Waals surface area contributed by atoms with E-state index in [0.29, 0.717) is 18.6 Å². The standard InChI is InChI=1S/C13H22N2O4S/c1-2-11-15(10(7-20-11)12(17)18)13(19)14-8-3-5-9(16)6-4-8/h8-11,16H,2-7H2,1H3,(H,14,19)(H,17,18). The van der Waals surface area contributed by atoms with Gasteiger partial charge >= 0.3 is 12.0 Å². The fourth-order valence-corrected chi connectivity index (χ4v) is 4.16. The molecule has 0 aromatic rings. The maximum Gasteiger partial charge on any atom is 0.327 e. The molecule has 2 fully saturated rings. The number of thioether (sulfide) groups is 1. The van der Waals surface area contributed by atoms with Gasteiger partial charge < -0.3 is 15.5 Å². The van der Waals surface area contributed by atoms with Crippen LogP contribution in [0.25, 0.3) is 0 Å². The second kappa shape index (κ2) is 6.67. The number of nitrogens with zero attached hydrogens (tertiary/aromatic N) is 1. The van der Waals surface area contributed by atoms with Crippen LogP contribution in [0.3, 0.4) is 0 Å². The highest BCUT2D eigenvalue weighted by atomic mass is 32.2. The maximum atomic E-state index is 12.4. The van der Waals surface area contributed by atoms with Gasteiger partial charge in [-0.05, 0) is 32.1 Å². The molecule has 2 atom stereocenters.